The Morgan fingerprint density at radius 2 is 2.06 bits per heavy atom. The second-order valence-electron chi connectivity index (χ2n) is 5.13. The van der Waals surface area contributed by atoms with Gasteiger partial charge in [0.2, 0.25) is 0 Å². The molecule has 2 aromatic rings. The zero-order valence-corrected chi connectivity index (χ0v) is 10.7. The van der Waals surface area contributed by atoms with E-state index in [0.29, 0.717) is 0 Å². The minimum atomic E-state index is -0.511. The molecular weight excluding hydrogens is 228 g/mol. The van der Waals surface area contributed by atoms with Crippen molar-refractivity contribution in [2.75, 3.05) is 0 Å². The summed E-state index contributed by atoms with van der Waals surface area (Å²) in [5.74, 6) is 0. The van der Waals surface area contributed by atoms with Crippen LogP contribution in [0.5, 0.6) is 0 Å². The Balaban J connectivity index is 2.41. The summed E-state index contributed by atoms with van der Waals surface area (Å²) in [5.41, 5.74) is 1.09. The summed E-state index contributed by atoms with van der Waals surface area (Å²) in [5, 5.41) is 8.12. The van der Waals surface area contributed by atoms with Gasteiger partial charge < -0.3 is 10.1 Å². The number of carbonyl (C=O) groups excluding carboxylic acids is 1. The number of carbonyl (C=O) groups is 1. The van der Waals surface area contributed by atoms with Gasteiger partial charge in [-0.15, -0.1) is 0 Å². The van der Waals surface area contributed by atoms with Crippen LogP contribution >= 0.6 is 0 Å². The van der Waals surface area contributed by atoms with Gasteiger partial charge >= 0.3 is 6.09 Å². The molecule has 0 atom stereocenters. The van der Waals surface area contributed by atoms with Gasteiger partial charge in [-0.2, -0.15) is 0 Å². The van der Waals surface area contributed by atoms with Crippen LogP contribution in [0.1, 0.15) is 26.3 Å². The molecule has 0 fully saturated rings. The lowest BCUT2D eigenvalue weighted by molar-refractivity contribution is 0.0544. The van der Waals surface area contributed by atoms with Crippen molar-refractivity contribution in [2.45, 2.75) is 26.4 Å². The second-order valence-corrected chi connectivity index (χ2v) is 5.13. The van der Waals surface area contributed by atoms with Crippen LogP contribution in [0.25, 0.3) is 10.9 Å². The number of hydrogen-bond acceptors (Lipinski definition) is 3. The van der Waals surface area contributed by atoms with Crippen LogP contribution < -0.4 is 0 Å². The quantitative estimate of drug-likeness (QED) is 0.781. The molecule has 0 saturated carbocycles. The van der Waals surface area contributed by atoms with Crippen LogP contribution in [0, 0.1) is 5.41 Å². The molecule has 0 spiro atoms. The van der Waals surface area contributed by atoms with Crippen LogP contribution in [0.15, 0.2) is 30.5 Å². The summed E-state index contributed by atoms with van der Waals surface area (Å²) in [6.45, 7) is 5.51. The highest BCUT2D eigenvalue weighted by Gasteiger charge is 2.18. The molecule has 1 N–H and O–H groups in total. The van der Waals surface area contributed by atoms with E-state index < -0.39 is 5.60 Å². The Bertz CT molecular complexity index is 606. The fourth-order valence-electron chi connectivity index (χ4n) is 1.72. The van der Waals surface area contributed by atoms with E-state index in [9.17, 15) is 4.79 Å². The Morgan fingerprint density at radius 3 is 2.67 bits per heavy atom. The molecule has 4 heteroatoms. The molecule has 0 radical (unpaired) electrons. The number of aromatic nitrogens is 1. The molecule has 4 nitrogen and oxygen atoms in total. The normalized spacial score (nSPS) is 11.5. The van der Waals surface area contributed by atoms with Gasteiger partial charge in [0.25, 0.3) is 0 Å². The van der Waals surface area contributed by atoms with Crippen LogP contribution in [0.2, 0.25) is 0 Å². The van der Waals surface area contributed by atoms with E-state index in [1.807, 2.05) is 39.0 Å². The van der Waals surface area contributed by atoms with Crippen molar-refractivity contribution in [3.63, 3.8) is 0 Å². The van der Waals surface area contributed by atoms with E-state index in [1.54, 1.807) is 12.3 Å². The zero-order chi connectivity index (χ0) is 13.3. The number of rotatable bonds is 1. The van der Waals surface area contributed by atoms with Crippen molar-refractivity contribution in [1.82, 2.24) is 4.57 Å². The highest BCUT2D eigenvalue weighted by molar-refractivity contribution is 5.93. The standard InChI is InChI=1S/C14H16N2O2/c1-14(2,3)18-13(17)16-7-6-11-8-10(9-15)4-5-12(11)16/h4-9,15H,1-3H3. The second kappa shape index (κ2) is 4.29. The number of benzene rings is 1. The molecule has 0 saturated heterocycles. The average Bonchev–Trinajstić information content (AvgIpc) is 2.69. The van der Waals surface area contributed by atoms with Crippen LogP contribution in [-0.2, 0) is 4.74 Å². The van der Waals surface area contributed by atoms with Crippen molar-refractivity contribution in [2.24, 2.45) is 0 Å². The van der Waals surface area contributed by atoms with E-state index in [-0.39, 0.29) is 6.09 Å². The Kier molecular flexibility index (Phi) is 2.95. The molecule has 0 amide bonds. The smallest absolute Gasteiger partial charge is 0.418 e. The minimum absolute atomic E-state index is 0.389. The maximum atomic E-state index is 12.0. The monoisotopic (exact) mass is 244 g/mol. The molecule has 0 aliphatic heterocycles. The van der Waals surface area contributed by atoms with Gasteiger partial charge in [0.1, 0.15) is 5.60 Å². The highest BCUT2D eigenvalue weighted by Crippen LogP contribution is 2.19. The van der Waals surface area contributed by atoms with Crippen molar-refractivity contribution >= 4 is 23.2 Å². The molecule has 1 aromatic heterocycles. The highest BCUT2D eigenvalue weighted by atomic mass is 16.6. The van der Waals surface area contributed by atoms with Gasteiger partial charge in [0.05, 0.1) is 5.52 Å². The van der Waals surface area contributed by atoms with E-state index in [0.717, 1.165) is 16.5 Å². The summed E-state index contributed by atoms with van der Waals surface area (Å²) in [6.07, 6.45) is 2.58. The summed E-state index contributed by atoms with van der Waals surface area (Å²) in [7, 11) is 0. The molecule has 1 heterocycles. The molecule has 1 aromatic carbocycles. The third kappa shape index (κ3) is 2.42. The number of hydrogen-bond donors (Lipinski definition) is 1. The maximum absolute atomic E-state index is 12.0. The number of fused-ring (bicyclic) bond motifs is 1. The molecule has 94 valence electrons. The zero-order valence-electron chi connectivity index (χ0n) is 10.7. The van der Waals surface area contributed by atoms with Gasteiger partial charge in [-0.25, -0.2) is 4.79 Å². The lowest BCUT2D eigenvalue weighted by atomic mass is 10.2. The van der Waals surface area contributed by atoms with E-state index in [2.05, 4.69) is 0 Å². The van der Waals surface area contributed by atoms with Gasteiger partial charge in [-0.1, -0.05) is 6.07 Å². The third-order valence-electron chi connectivity index (χ3n) is 2.47. The maximum Gasteiger partial charge on any atom is 0.418 e. The van der Waals surface area contributed by atoms with Crippen molar-refractivity contribution < 1.29 is 9.53 Å². The summed E-state index contributed by atoms with van der Waals surface area (Å²) in [4.78, 5) is 12.0. The third-order valence-corrected chi connectivity index (χ3v) is 2.47. The molecular formula is C14H16N2O2. The first kappa shape index (κ1) is 12.4. The predicted octanol–water partition coefficient (Wildman–Crippen LogP) is 3.42. The van der Waals surface area contributed by atoms with Gasteiger partial charge in [-0.3, -0.25) is 4.57 Å². The minimum Gasteiger partial charge on any atom is -0.443 e. The summed E-state index contributed by atoms with van der Waals surface area (Å²) < 4.78 is 6.81. The van der Waals surface area contributed by atoms with Crippen LogP contribution in [-0.4, -0.2) is 22.5 Å². The van der Waals surface area contributed by atoms with Gasteiger partial charge in [0.15, 0.2) is 0 Å². The van der Waals surface area contributed by atoms with Crippen molar-refractivity contribution in [3.8, 4) is 0 Å². The summed E-state index contributed by atoms with van der Waals surface area (Å²) >= 11 is 0. The molecule has 0 aliphatic rings. The van der Waals surface area contributed by atoms with Gasteiger partial charge in [0, 0.05) is 17.8 Å². The summed E-state index contributed by atoms with van der Waals surface area (Å²) in [6, 6.07) is 7.32. The Labute approximate surface area is 106 Å². The number of nitrogens with zero attached hydrogens (tertiary/aromatic N) is 1. The Morgan fingerprint density at radius 1 is 1.33 bits per heavy atom. The van der Waals surface area contributed by atoms with E-state index >= 15 is 0 Å². The first-order valence-electron chi connectivity index (χ1n) is 5.76. The fourth-order valence-corrected chi connectivity index (χ4v) is 1.72. The van der Waals surface area contributed by atoms with Gasteiger partial charge in [-0.05, 0) is 44.5 Å². The lowest BCUT2D eigenvalue weighted by Crippen LogP contribution is -2.26. The van der Waals surface area contributed by atoms with Crippen LogP contribution in [0.4, 0.5) is 4.79 Å². The SMILES string of the molecule is CC(C)(C)OC(=O)n1ccc2cc(C=N)ccc21. The lowest BCUT2D eigenvalue weighted by Gasteiger charge is -2.19. The molecule has 0 bridgehead atoms. The largest absolute Gasteiger partial charge is 0.443 e. The predicted molar refractivity (Wildman–Crippen MR) is 71.5 cm³/mol. The molecule has 0 unspecified atom stereocenters. The first-order valence-corrected chi connectivity index (χ1v) is 5.76. The molecule has 18 heavy (non-hydrogen) atoms. The fraction of sp³-hybridized carbons (Fsp3) is 0.286. The van der Waals surface area contributed by atoms with E-state index in [1.165, 1.54) is 10.8 Å². The van der Waals surface area contributed by atoms with Crippen molar-refractivity contribution in [3.05, 3.63) is 36.0 Å². The van der Waals surface area contributed by atoms with E-state index in [4.69, 9.17) is 10.1 Å². The van der Waals surface area contributed by atoms with Crippen molar-refractivity contribution in [1.29, 1.82) is 5.41 Å². The number of ether oxygens (including phenoxy) is 1. The first-order chi connectivity index (χ1) is 8.40. The molecule has 2 rings (SSSR count). The topological polar surface area (TPSA) is 55.1 Å². The Hall–Kier alpha value is -2.10. The number of nitrogens with one attached hydrogen (secondary N) is 1. The average molecular weight is 244 g/mol. The molecule has 0 aliphatic carbocycles. The van der Waals surface area contributed by atoms with Crippen LogP contribution in [0.3, 0.4) is 0 Å².